The number of ether oxygens (including phenoxy) is 1. The summed E-state index contributed by atoms with van der Waals surface area (Å²) in [5.41, 5.74) is 1.04. The molecule has 1 aromatic heterocycles. The molecule has 2 rings (SSSR count). The van der Waals surface area contributed by atoms with E-state index in [9.17, 15) is 0 Å². The number of benzene rings is 1. The van der Waals surface area contributed by atoms with Gasteiger partial charge in [-0.2, -0.15) is 5.10 Å². The zero-order valence-electron chi connectivity index (χ0n) is 11.6. The minimum atomic E-state index is 0.638. The molecule has 0 saturated carbocycles. The van der Waals surface area contributed by atoms with Crippen molar-refractivity contribution in [1.29, 1.82) is 0 Å². The summed E-state index contributed by atoms with van der Waals surface area (Å²) in [6, 6.07) is 5.62. The molecule has 0 unspecified atom stereocenters. The average molecular weight is 330 g/mol. The molecule has 0 fully saturated rings. The van der Waals surface area contributed by atoms with Crippen molar-refractivity contribution in [1.82, 2.24) is 14.7 Å². The third-order valence-corrected chi connectivity index (χ3v) is 4.22. The van der Waals surface area contributed by atoms with E-state index in [1.165, 1.54) is 11.3 Å². The van der Waals surface area contributed by atoms with E-state index in [1.54, 1.807) is 7.11 Å². The van der Waals surface area contributed by atoms with Crippen LogP contribution in [0, 0.1) is 10.9 Å². The summed E-state index contributed by atoms with van der Waals surface area (Å²) in [5, 5.41) is 6.06. The van der Waals surface area contributed by atoms with Crippen molar-refractivity contribution in [3.63, 3.8) is 0 Å². The van der Waals surface area contributed by atoms with Crippen LogP contribution in [0.3, 0.4) is 0 Å². The molecule has 108 valence electrons. The van der Waals surface area contributed by atoms with Crippen molar-refractivity contribution in [2.75, 3.05) is 14.2 Å². The number of hydrogen-bond acceptors (Lipinski definition) is 5. The minimum absolute atomic E-state index is 0.638. The Labute approximate surface area is 132 Å². The van der Waals surface area contributed by atoms with Crippen LogP contribution in [0.2, 0.25) is 5.02 Å². The summed E-state index contributed by atoms with van der Waals surface area (Å²) < 4.78 is 7.96. The number of nitrogens with zero attached hydrogens (tertiary/aromatic N) is 3. The topological polar surface area (TPSA) is 30.3 Å². The number of aryl methyl sites for hydroxylation is 1. The molecule has 0 radical (unpaired) electrons. The Morgan fingerprint density at radius 1 is 1.50 bits per heavy atom. The molecule has 0 aliphatic rings. The van der Waals surface area contributed by atoms with Crippen molar-refractivity contribution in [2.24, 2.45) is 0 Å². The van der Waals surface area contributed by atoms with Crippen molar-refractivity contribution in [3.8, 4) is 5.75 Å². The van der Waals surface area contributed by atoms with Gasteiger partial charge in [-0.05, 0) is 44.4 Å². The van der Waals surface area contributed by atoms with Crippen LogP contribution in [0.4, 0.5) is 0 Å². The van der Waals surface area contributed by atoms with Gasteiger partial charge in [0, 0.05) is 17.1 Å². The molecule has 1 heterocycles. The molecule has 0 amide bonds. The largest absolute Gasteiger partial charge is 0.496 e. The first-order valence-electron chi connectivity index (χ1n) is 6.05. The molecule has 2 aromatic rings. The third-order valence-electron chi connectivity index (χ3n) is 2.77. The highest BCUT2D eigenvalue weighted by Crippen LogP contribution is 2.23. The van der Waals surface area contributed by atoms with Crippen LogP contribution < -0.4 is 4.74 Å². The lowest BCUT2D eigenvalue weighted by Gasteiger charge is -2.18. The van der Waals surface area contributed by atoms with E-state index in [4.69, 9.17) is 28.6 Å². The van der Waals surface area contributed by atoms with Gasteiger partial charge in [0.1, 0.15) is 10.8 Å². The van der Waals surface area contributed by atoms with Crippen LogP contribution in [0.25, 0.3) is 0 Å². The van der Waals surface area contributed by atoms with E-state index in [0.29, 0.717) is 18.2 Å². The number of methoxy groups -OCH3 is 1. The second kappa shape index (κ2) is 6.67. The van der Waals surface area contributed by atoms with Gasteiger partial charge in [-0.25, -0.2) is 4.68 Å². The van der Waals surface area contributed by atoms with E-state index < -0.39 is 0 Å². The second-order valence-electron chi connectivity index (χ2n) is 4.50. The van der Waals surface area contributed by atoms with Crippen LogP contribution in [0.5, 0.6) is 5.75 Å². The summed E-state index contributed by atoms with van der Waals surface area (Å²) in [4.78, 5) is 2.11. The Bertz CT molecular complexity index is 653. The fraction of sp³-hybridized carbons (Fsp3) is 0.385. The van der Waals surface area contributed by atoms with Crippen molar-refractivity contribution in [2.45, 2.75) is 20.1 Å². The Morgan fingerprint density at radius 2 is 2.25 bits per heavy atom. The number of aromatic nitrogens is 2. The highest BCUT2D eigenvalue weighted by Gasteiger charge is 2.09. The lowest BCUT2D eigenvalue weighted by atomic mass is 10.2. The number of rotatable bonds is 5. The van der Waals surface area contributed by atoms with E-state index in [0.717, 1.165) is 20.3 Å². The van der Waals surface area contributed by atoms with Gasteiger partial charge in [0.15, 0.2) is 3.95 Å². The predicted octanol–water partition coefficient (Wildman–Crippen LogP) is 3.73. The first-order valence-corrected chi connectivity index (χ1v) is 7.65. The summed E-state index contributed by atoms with van der Waals surface area (Å²) in [7, 11) is 3.67. The van der Waals surface area contributed by atoms with Gasteiger partial charge in [-0.1, -0.05) is 22.9 Å². The summed E-state index contributed by atoms with van der Waals surface area (Å²) >= 11 is 12.8. The molecule has 0 atom stereocenters. The number of hydrogen-bond donors (Lipinski definition) is 0. The molecule has 0 N–H and O–H groups in total. The Hall–Kier alpha value is -0.950. The molecule has 0 saturated heterocycles. The Morgan fingerprint density at radius 3 is 2.85 bits per heavy atom. The van der Waals surface area contributed by atoms with E-state index >= 15 is 0 Å². The SMILES string of the molecule is COc1ccc(Cl)cc1CN(C)Cn1nc(C)sc1=S. The number of halogens is 1. The van der Waals surface area contributed by atoms with Crippen molar-refractivity contribution < 1.29 is 4.74 Å². The maximum Gasteiger partial charge on any atom is 0.180 e. The van der Waals surface area contributed by atoms with E-state index in [-0.39, 0.29) is 0 Å². The lowest BCUT2D eigenvalue weighted by Crippen LogP contribution is -2.22. The Balaban J connectivity index is 2.12. The minimum Gasteiger partial charge on any atom is -0.496 e. The molecule has 0 spiro atoms. The zero-order chi connectivity index (χ0) is 14.7. The fourth-order valence-corrected chi connectivity index (χ4v) is 3.19. The van der Waals surface area contributed by atoms with Gasteiger partial charge in [0.2, 0.25) is 0 Å². The van der Waals surface area contributed by atoms with Crippen LogP contribution in [-0.4, -0.2) is 28.8 Å². The fourth-order valence-electron chi connectivity index (χ4n) is 1.94. The van der Waals surface area contributed by atoms with Gasteiger partial charge < -0.3 is 4.74 Å². The molecule has 0 bridgehead atoms. The van der Waals surface area contributed by atoms with Crippen LogP contribution >= 0.6 is 35.2 Å². The van der Waals surface area contributed by atoms with Crippen molar-refractivity contribution in [3.05, 3.63) is 37.7 Å². The quantitative estimate of drug-likeness (QED) is 0.782. The molecule has 4 nitrogen and oxygen atoms in total. The first-order chi connectivity index (χ1) is 9.49. The molecular weight excluding hydrogens is 314 g/mol. The smallest absolute Gasteiger partial charge is 0.180 e. The highest BCUT2D eigenvalue weighted by molar-refractivity contribution is 7.73. The summed E-state index contributed by atoms with van der Waals surface area (Å²) in [6.07, 6.45) is 0. The van der Waals surface area contributed by atoms with Crippen LogP contribution in [0.15, 0.2) is 18.2 Å². The summed E-state index contributed by atoms with van der Waals surface area (Å²) in [6.45, 7) is 3.30. The standard InChI is InChI=1S/C13H16ClN3OS2/c1-9-15-17(13(19)20-9)8-16(2)7-10-6-11(14)4-5-12(10)18-3/h4-6H,7-8H2,1-3H3. The van der Waals surface area contributed by atoms with Gasteiger partial charge in [0.05, 0.1) is 13.8 Å². The van der Waals surface area contributed by atoms with E-state index in [1.807, 2.05) is 36.9 Å². The molecule has 20 heavy (non-hydrogen) atoms. The normalized spacial score (nSPS) is 11.1. The van der Waals surface area contributed by atoms with Gasteiger partial charge >= 0.3 is 0 Å². The van der Waals surface area contributed by atoms with Gasteiger partial charge in [-0.3, -0.25) is 4.90 Å². The average Bonchev–Trinajstić information content (AvgIpc) is 2.68. The van der Waals surface area contributed by atoms with Gasteiger partial charge in [0.25, 0.3) is 0 Å². The molecule has 1 aromatic carbocycles. The lowest BCUT2D eigenvalue weighted by molar-refractivity contribution is 0.241. The summed E-state index contributed by atoms with van der Waals surface area (Å²) in [5.74, 6) is 0.833. The monoisotopic (exact) mass is 329 g/mol. The molecule has 0 aliphatic heterocycles. The Kier molecular flexibility index (Phi) is 5.15. The predicted molar refractivity (Wildman–Crippen MR) is 85.1 cm³/mol. The highest BCUT2D eigenvalue weighted by atomic mass is 35.5. The van der Waals surface area contributed by atoms with Crippen molar-refractivity contribution >= 4 is 35.2 Å². The van der Waals surface area contributed by atoms with E-state index in [2.05, 4.69) is 10.00 Å². The van der Waals surface area contributed by atoms with Gasteiger partial charge in [-0.15, -0.1) is 0 Å². The molecule has 7 heteroatoms. The van der Waals surface area contributed by atoms with Crippen LogP contribution in [0.1, 0.15) is 10.6 Å². The maximum atomic E-state index is 6.04. The molecule has 0 aliphatic carbocycles. The maximum absolute atomic E-state index is 6.04. The second-order valence-corrected chi connectivity index (χ2v) is 6.76. The zero-order valence-corrected chi connectivity index (χ0v) is 14.0. The third kappa shape index (κ3) is 3.79. The molecular formula is C13H16ClN3OS2. The first kappa shape index (κ1) is 15.4. The van der Waals surface area contributed by atoms with Crippen LogP contribution in [-0.2, 0) is 13.2 Å².